The highest BCUT2D eigenvalue weighted by atomic mass is 16.5. The molecular formula is C20H23NO3. The van der Waals surface area contributed by atoms with Crippen LogP contribution in [-0.4, -0.2) is 30.4 Å². The van der Waals surface area contributed by atoms with E-state index in [4.69, 9.17) is 4.74 Å². The summed E-state index contributed by atoms with van der Waals surface area (Å²) in [5.41, 5.74) is 3.93. The van der Waals surface area contributed by atoms with Crippen molar-refractivity contribution in [3.8, 4) is 0 Å². The van der Waals surface area contributed by atoms with Gasteiger partial charge in [-0.25, -0.2) is 0 Å². The Morgan fingerprint density at radius 1 is 0.917 bits per heavy atom. The summed E-state index contributed by atoms with van der Waals surface area (Å²) >= 11 is 0. The SMILES string of the molecule is COC(=O)CCN(Cc1ccc(C)cc1)C(=O)c1ccc(C)cc1. The first-order valence-electron chi connectivity index (χ1n) is 7.98. The highest BCUT2D eigenvalue weighted by Crippen LogP contribution is 2.13. The summed E-state index contributed by atoms with van der Waals surface area (Å²) in [6.45, 7) is 4.79. The Morgan fingerprint density at radius 2 is 1.46 bits per heavy atom. The van der Waals surface area contributed by atoms with Gasteiger partial charge in [0.25, 0.3) is 5.91 Å². The zero-order chi connectivity index (χ0) is 17.5. The zero-order valence-electron chi connectivity index (χ0n) is 14.4. The summed E-state index contributed by atoms with van der Waals surface area (Å²) in [6.07, 6.45) is 0.181. The number of aryl methyl sites for hydroxylation is 2. The Labute approximate surface area is 143 Å². The monoisotopic (exact) mass is 325 g/mol. The number of esters is 1. The molecule has 0 saturated heterocycles. The van der Waals surface area contributed by atoms with E-state index in [1.54, 1.807) is 4.90 Å². The number of ether oxygens (including phenoxy) is 1. The summed E-state index contributed by atoms with van der Waals surface area (Å²) in [6, 6.07) is 15.5. The van der Waals surface area contributed by atoms with Gasteiger partial charge in [-0.15, -0.1) is 0 Å². The van der Waals surface area contributed by atoms with Crippen LogP contribution >= 0.6 is 0 Å². The van der Waals surface area contributed by atoms with Gasteiger partial charge in [-0.3, -0.25) is 9.59 Å². The molecule has 1 amide bonds. The molecule has 0 fully saturated rings. The molecule has 0 atom stereocenters. The van der Waals surface area contributed by atoms with Crippen molar-refractivity contribution in [3.05, 3.63) is 70.8 Å². The van der Waals surface area contributed by atoms with Gasteiger partial charge in [-0.05, 0) is 31.5 Å². The second-order valence-corrected chi connectivity index (χ2v) is 5.90. The highest BCUT2D eigenvalue weighted by molar-refractivity contribution is 5.94. The molecule has 0 spiro atoms. The van der Waals surface area contributed by atoms with E-state index in [0.717, 1.165) is 11.1 Å². The molecule has 0 heterocycles. The Balaban J connectivity index is 2.17. The van der Waals surface area contributed by atoms with Gasteiger partial charge in [0, 0.05) is 18.7 Å². The van der Waals surface area contributed by atoms with Crippen LogP contribution in [0.2, 0.25) is 0 Å². The Hall–Kier alpha value is -2.62. The first-order chi connectivity index (χ1) is 11.5. The number of hydrogen-bond donors (Lipinski definition) is 0. The van der Waals surface area contributed by atoms with Gasteiger partial charge in [-0.1, -0.05) is 47.5 Å². The summed E-state index contributed by atoms with van der Waals surface area (Å²) in [5, 5.41) is 0. The van der Waals surface area contributed by atoms with Crippen molar-refractivity contribution in [2.45, 2.75) is 26.8 Å². The molecular weight excluding hydrogens is 302 g/mol. The van der Waals surface area contributed by atoms with Crippen molar-refractivity contribution in [2.24, 2.45) is 0 Å². The molecule has 4 heteroatoms. The van der Waals surface area contributed by atoms with E-state index in [1.165, 1.54) is 12.7 Å². The van der Waals surface area contributed by atoms with Crippen molar-refractivity contribution in [3.63, 3.8) is 0 Å². The number of carbonyl (C=O) groups excluding carboxylic acids is 2. The number of benzene rings is 2. The predicted molar refractivity (Wildman–Crippen MR) is 93.7 cm³/mol. The fourth-order valence-corrected chi connectivity index (χ4v) is 2.37. The Bertz CT molecular complexity index is 690. The lowest BCUT2D eigenvalue weighted by molar-refractivity contribution is -0.140. The fraction of sp³-hybridized carbons (Fsp3) is 0.300. The molecule has 0 saturated carbocycles. The molecule has 0 radical (unpaired) electrons. The van der Waals surface area contributed by atoms with E-state index in [0.29, 0.717) is 18.7 Å². The standard InChI is InChI=1S/C20H23NO3/c1-15-4-8-17(9-5-15)14-21(13-12-19(22)24-3)20(23)18-10-6-16(2)7-11-18/h4-11H,12-14H2,1-3H3. The van der Waals surface area contributed by atoms with E-state index < -0.39 is 0 Å². The van der Waals surface area contributed by atoms with Crippen LogP contribution < -0.4 is 0 Å². The average Bonchev–Trinajstić information content (AvgIpc) is 2.60. The number of rotatable bonds is 6. The topological polar surface area (TPSA) is 46.6 Å². The molecule has 0 aliphatic rings. The van der Waals surface area contributed by atoms with E-state index in [1.807, 2.05) is 62.4 Å². The minimum atomic E-state index is -0.319. The molecule has 4 nitrogen and oxygen atoms in total. The van der Waals surface area contributed by atoms with Crippen LogP contribution in [0.3, 0.4) is 0 Å². The van der Waals surface area contributed by atoms with Gasteiger partial charge < -0.3 is 9.64 Å². The van der Waals surface area contributed by atoms with Crippen LogP contribution in [0.5, 0.6) is 0 Å². The zero-order valence-corrected chi connectivity index (χ0v) is 14.4. The van der Waals surface area contributed by atoms with E-state index in [2.05, 4.69) is 0 Å². The lowest BCUT2D eigenvalue weighted by atomic mass is 10.1. The second kappa shape index (κ2) is 8.29. The van der Waals surface area contributed by atoms with Crippen molar-refractivity contribution in [2.75, 3.05) is 13.7 Å². The molecule has 0 aliphatic carbocycles. The van der Waals surface area contributed by atoms with E-state index >= 15 is 0 Å². The second-order valence-electron chi connectivity index (χ2n) is 5.90. The first kappa shape index (κ1) is 17.7. The van der Waals surface area contributed by atoms with Gasteiger partial charge in [0.1, 0.15) is 0 Å². The summed E-state index contributed by atoms with van der Waals surface area (Å²) < 4.78 is 4.69. The fourth-order valence-electron chi connectivity index (χ4n) is 2.37. The smallest absolute Gasteiger partial charge is 0.307 e. The van der Waals surface area contributed by atoms with Crippen molar-refractivity contribution in [1.29, 1.82) is 0 Å². The predicted octanol–water partition coefficient (Wildman–Crippen LogP) is 3.51. The van der Waals surface area contributed by atoms with Gasteiger partial charge >= 0.3 is 5.97 Å². The van der Waals surface area contributed by atoms with E-state index in [9.17, 15) is 9.59 Å². The van der Waals surface area contributed by atoms with Gasteiger partial charge in [0.2, 0.25) is 0 Å². The maximum atomic E-state index is 12.8. The Kier molecular flexibility index (Phi) is 6.13. The van der Waals surface area contributed by atoms with Crippen LogP contribution in [0.15, 0.2) is 48.5 Å². The number of carbonyl (C=O) groups is 2. The van der Waals surface area contributed by atoms with Gasteiger partial charge in [0.05, 0.1) is 13.5 Å². The maximum Gasteiger partial charge on any atom is 0.307 e. The minimum Gasteiger partial charge on any atom is -0.469 e. The summed E-state index contributed by atoms with van der Waals surface area (Å²) in [4.78, 5) is 25.9. The lowest BCUT2D eigenvalue weighted by Gasteiger charge is -2.23. The first-order valence-corrected chi connectivity index (χ1v) is 7.98. The molecule has 0 unspecified atom stereocenters. The highest BCUT2D eigenvalue weighted by Gasteiger charge is 2.17. The summed E-state index contributed by atoms with van der Waals surface area (Å²) in [7, 11) is 1.36. The number of nitrogens with zero attached hydrogens (tertiary/aromatic N) is 1. The maximum absolute atomic E-state index is 12.8. The summed E-state index contributed by atoms with van der Waals surface area (Å²) in [5.74, 6) is -0.403. The molecule has 0 bridgehead atoms. The van der Waals surface area contributed by atoms with Crippen molar-refractivity contribution < 1.29 is 14.3 Å². The molecule has 2 aromatic carbocycles. The average molecular weight is 325 g/mol. The van der Waals surface area contributed by atoms with Crippen LogP contribution in [0.1, 0.15) is 33.5 Å². The molecule has 126 valence electrons. The molecule has 0 N–H and O–H groups in total. The number of hydrogen-bond acceptors (Lipinski definition) is 3. The minimum absolute atomic E-state index is 0.0838. The third kappa shape index (κ3) is 4.95. The number of amides is 1. The lowest BCUT2D eigenvalue weighted by Crippen LogP contribution is -2.32. The van der Waals surface area contributed by atoms with Gasteiger partial charge in [-0.2, -0.15) is 0 Å². The van der Waals surface area contributed by atoms with Crippen molar-refractivity contribution in [1.82, 2.24) is 4.90 Å². The van der Waals surface area contributed by atoms with Crippen LogP contribution in [-0.2, 0) is 16.1 Å². The largest absolute Gasteiger partial charge is 0.469 e. The third-order valence-electron chi connectivity index (χ3n) is 3.89. The molecule has 0 aromatic heterocycles. The quantitative estimate of drug-likeness (QED) is 0.764. The normalized spacial score (nSPS) is 10.3. The van der Waals surface area contributed by atoms with Gasteiger partial charge in [0.15, 0.2) is 0 Å². The molecule has 0 aliphatic heterocycles. The van der Waals surface area contributed by atoms with Crippen LogP contribution in [0.4, 0.5) is 0 Å². The van der Waals surface area contributed by atoms with Crippen molar-refractivity contribution >= 4 is 11.9 Å². The molecule has 24 heavy (non-hydrogen) atoms. The van der Waals surface area contributed by atoms with Crippen LogP contribution in [0.25, 0.3) is 0 Å². The molecule has 2 rings (SSSR count). The van der Waals surface area contributed by atoms with E-state index in [-0.39, 0.29) is 18.3 Å². The molecule has 2 aromatic rings. The number of methoxy groups -OCH3 is 1. The Morgan fingerprint density at radius 3 is 2.00 bits per heavy atom. The van der Waals surface area contributed by atoms with Crippen LogP contribution in [0, 0.1) is 13.8 Å². The third-order valence-corrected chi connectivity index (χ3v) is 3.89.